The van der Waals surface area contributed by atoms with Crippen LogP contribution in [0.25, 0.3) is 5.76 Å². The predicted octanol–water partition coefficient (Wildman–Crippen LogP) is 3.72. The molecular weight excluding hydrogens is 410 g/mol. The second-order valence-corrected chi connectivity index (χ2v) is 7.24. The first-order valence-corrected chi connectivity index (χ1v) is 10.3. The van der Waals surface area contributed by atoms with Crippen molar-refractivity contribution in [2.24, 2.45) is 0 Å². The Bertz CT molecular complexity index is 1010. The number of benzene rings is 2. The van der Waals surface area contributed by atoms with Crippen LogP contribution in [-0.2, 0) is 14.3 Å². The largest absolute Gasteiger partial charge is 0.507 e. The molecule has 1 unspecified atom stereocenters. The van der Waals surface area contributed by atoms with Crippen LogP contribution < -0.4 is 9.47 Å². The Morgan fingerprint density at radius 1 is 1.12 bits per heavy atom. The van der Waals surface area contributed by atoms with E-state index in [1.54, 1.807) is 61.7 Å². The van der Waals surface area contributed by atoms with Crippen LogP contribution in [0, 0.1) is 0 Å². The smallest absolute Gasteiger partial charge is 0.295 e. The molecule has 1 saturated heterocycles. The number of ether oxygens (including phenoxy) is 3. The lowest BCUT2D eigenvalue weighted by molar-refractivity contribution is -0.140. The number of rotatable bonds is 10. The van der Waals surface area contributed by atoms with Gasteiger partial charge in [-0.05, 0) is 36.2 Å². The number of carbonyl (C=O) groups is 2. The van der Waals surface area contributed by atoms with Gasteiger partial charge in [-0.3, -0.25) is 9.59 Å². The Kier molecular flexibility index (Phi) is 7.68. The molecule has 1 aliphatic rings. The molecule has 7 nitrogen and oxygen atoms in total. The Morgan fingerprint density at radius 3 is 2.53 bits per heavy atom. The van der Waals surface area contributed by atoms with E-state index < -0.39 is 17.7 Å². The molecule has 3 rings (SSSR count). The van der Waals surface area contributed by atoms with Crippen molar-refractivity contribution in [1.29, 1.82) is 0 Å². The van der Waals surface area contributed by atoms with E-state index in [0.29, 0.717) is 48.8 Å². The van der Waals surface area contributed by atoms with Crippen molar-refractivity contribution in [3.05, 3.63) is 77.9 Å². The van der Waals surface area contributed by atoms with Crippen molar-refractivity contribution in [2.45, 2.75) is 12.5 Å². The SMILES string of the molecule is C=CCOc1ccc(C2C(=C(O)c3cccc(OC)c3)C(=O)C(=O)N2CCCOC)cc1. The van der Waals surface area contributed by atoms with Crippen LogP contribution in [0.15, 0.2) is 66.8 Å². The third kappa shape index (κ3) is 4.84. The minimum Gasteiger partial charge on any atom is -0.507 e. The van der Waals surface area contributed by atoms with Crippen LogP contribution in [0.1, 0.15) is 23.6 Å². The average Bonchev–Trinajstić information content (AvgIpc) is 3.07. The summed E-state index contributed by atoms with van der Waals surface area (Å²) in [7, 11) is 3.10. The maximum absolute atomic E-state index is 13.0. The van der Waals surface area contributed by atoms with Gasteiger partial charge in [0.1, 0.15) is 23.9 Å². The molecule has 1 aliphatic heterocycles. The topological polar surface area (TPSA) is 85.3 Å². The molecule has 1 N–H and O–H groups in total. The fraction of sp³-hybridized carbons (Fsp3) is 0.280. The summed E-state index contributed by atoms with van der Waals surface area (Å²) in [6.07, 6.45) is 2.20. The highest BCUT2D eigenvalue weighted by molar-refractivity contribution is 6.46. The van der Waals surface area contributed by atoms with Gasteiger partial charge in [-0.25, -0.2) is 0 Å². The first kappa shape index (κ1) is 23.1. The number of ketones is 1. The minimum absolute atomic E-state index is 0.0421. The highest BCUT2D eigenvalue weighted by Crippen LogP contribution is 2.40. The number of Topliss-reactive ketones (excluding diaryl/α,β-unsaturated/α-hetero) is 1. The number of hydrogen-bond acceptors (Lipinski definition) is 6. The minimum atomic E-state index is -0.730. The summed E-state index contributed by atoms with van der Waals surface area (Å²) in [6, 6.07) is 13.1. The van der Waals surface area contributed by atoms with Crippen LogP contribution in [-0.4, -0.2) is 55.7 Å². The Morgan fingerprint density at radius 2 is 1.88 bits per heavy atom. The zero-order valence-corrected chi connectivity index (χ0v) is 18.2. The lowest BCUT2D eigenvalue weighted by Gasteiger charge is -2.25. The number of likely N-dealkylation sites (tertiary alicyclic amines) is 1. The first-order valence-electron chi connectivity index (χ1n) is 10.3. The molecule has 7 heteroatoms. The van der Waals surface area contributed by atoms with Crippen molar-refractivity contribution >= 4 is 17.4 Å². The van der Waals surface area contributed by atoms with E-state index in [-0.39, 0.29) is 11.3 Å². The quantitative estimate of drug-likeness (QED) is 0.201. The summed E-state index contributed by atoms with van der Waals surface area (Å²) in [5, 5.41) is 11.1. The summed E-state index contributed by atoms with van der Waals surface area (Å²) < 4.78 is 15.9. The summed E-state index contributed by atoms with van der Waals surface area (Å²) >= 11 is 0. The summed E-state index contributed by atoms with van der Waals surface area (Å²) in [4.78, 5) is 27.4. The van der Waals surface area contributed by atoms with Crippen molar-refractivity contribution < 1.29 is 28.9 Å². The van der Waals surface area contributed by atoms with Gasteiger partial charge in [0.15, 0.2) is 0 Å². The van der Waals surface area contributed by atoms with E-state index in [1.165, 1.54) is 12.0 Å². The number of hydrogen-bond donors (Lipinski definition) is 1. The van der Waals surface area contributed by atoms with Crippen LogP contribution in [0.2, 0.25) is 0 Å². The number of aliphatic hydroxyl groups is 1. The predicted molar refractivity (Wildman–Crippen MR) is 121 cm³/mol. The molecule has 0 spiro atoms. The van der Waals surface area contributed by atoms with Gasteiger partial charge in [-0.1, -0.05) is 36.9 Å². The molecule has 0 aliphatic carbocycles. The molecule has 2 aromatic carbocycles. The Hall–Kier alpha value is -3.58. The van der Waals surface area contributed by atoms with Gasteiger partial charge >= 0.3 is 0 Å². The van der Waals surface area contributed by atoms with E-state index in [4.69, 9.17) is 14.2 Å². The Labute approximate surface area is 187 Å². The molecule has 0 aromatic heterocycles. The first-order chi connectivity index (χ1) is 15.5. The molecular formula is C25H27NO6. The third-order valence-electron chi connectivity index (χ3n) is 5.19. The summed E-state index contributed by atoms with van der Waals surface area (Å²) in [5.74, 6) is -0.447. The zero-order chi connectivity index (χ0) is 23.1. The van der Waals surface area contributed by atoms with Crippen LogP contribution >= 0.6 is 0 Å². The fourth-order valence-corrected chi connectivity index (χ4v) is 3.66. The van der Waals surface area contributed by atoms with Gasteiger partial charge in [-0.15, -0.1) is 0 Å². The van der Waals surface area contributed by atoms with E-state index in [1.807, 2.05) is 0 Å². The second-order valence-electron chi connectivity index (χ2n) is 7.24. The van der Waals surface area contributed by atoms with Crippen LogP contribution in [0.5, 0.6) is 11.5 Å². The van der Waals surface area contributed by atoms with Gasteiger partial charge in [0, 0.05) is 25.8 Å². The van der Waals surface area contributed by atoms with Crippen molar-refractivity contribution in [1.82, 2.24) is 4.90 Å². The Balaban J connectivity index is 2.07. The zero-order valence-electron chi connectivity index (χ0n) is 18.2. The van der Waals surface area contributed by atoms with E-state index in [0.717, 1.165) is 0 Å². The third-order valence-corrected chi connectivity index (χ3v) is 5.19. The molecule has 0 saturated carbocycles. The molecule has 1 amide bonds. The van der Waals surface area contributed by atoms with E-state index in [2.05, 4.69) is 6.58 Å². The molecule has 1 heterocycles. The number of nitrogens with zero attached hydrogens (tertiary/aromatic N) is 1. The van der Waals surface area contributed by atoms with Crippen molar-refractivity contribution in [2.75, 3.05) is 34.0 Å². The molecule has 1 fully saturated rings. The number of amides is 1. The van der Waals surface area contributed by atoms with Gasteiger partial charge in [0.25, 0.3) is 11.7 Å². The average molecular weight is 437 g/mol. The van der Waals surface area contributed by atoms with E-state index in [9.17, 15) is 14.7 Å². The number of aliphatic hydroxyl groups excluding tert-OH is 1. The fourth-order valence-electron chi connectivity index (χ4n) is 3.66. The highest BCUT2D eigenvalue weighted by Gasteiger charge is 2.45. The van der Waals surface area contributed by atoms with Crippen LogP contribution in [0.4, 0.5) is 0 Å². The van der Waals surface area contributed by atoms with Crippen molar-refractivity contribution in [3.8, 4) is 11.5 Å². The van der Waals surface area contributed by atoms with Gasteiger partial charge in [0.2, 0.25) is 0 Å². The monoisotopic (exact) mass is 437 g/mol. The molecule has 32 heavy (non-hydrogen) atoms. The summed E-state index contributed by atoms with van der Waals surface area (Å²) in [5.41, 5.74) is 1.13. The van der Waals surface area contributed by atoms with Gasteiger partial charge in [-0.2, -0.15) is 0 Å². The molecule has 0 bridgehead atoms. The second kappa shape index (κ2) is 10.6. The molecule has 168 valence electrons. The van der Waals surface area contributed by atoms with Crippen LogP contribution in [0.3, 0.4) is 0 Å². The lowest BCUT2D eigenvalue weighted by Crippen LogP contribution is -2.31. The standard InChI is InChI=1S/C25H27NO6/c1-4-14-32-19-11-9-17(10-12-19)22-21(23(27)18-7-5-8-20(16-18)31-3)24(28)25(29)26(22)13-6-15-30-2/h4-5,7-12,16,22,27H,1,6,13-15H2,2-3H3. The van der Waals surface area contributed by atoms with Gasteiger partial charge < -0.3 is 24.2 Å². The van der Waals surface area contributed by atoms with Gasteiger partial charge in [0.05, 0.1) is 18.7 Å². The number of methoxy groups -OCH3 is 2. The normalized spacial score (nSPS) is 17.4. The molecule has 2 aromatic rings. The highest BCUT2D eigenvalue weighted by atomic mass is 16.5. The molecule has 1 atom stereocenters. The van der Waals surface area contributed by atoms with E-state index >= 15 is 0 Å². The summed E-state index contributed by atoms with van der Waals surface area (Å²) in [6.45, 7) is 4.75. The maximum Gasteiger partial charge on any atom is 0.295 e. The van der Waals surface area contributed by atoms with Crippen molar-refractivity contribution in [3.63, 3.8) is 0 Å². The maximum atomic E-state index is 13.0. The lowest BCUT2D eigenvalue weighted by atomic mass is 9.95. The number of carbonyl (C=O) groups excluding carboxylic acids is 2. The molecule has 0 radical (unpaired) electrons.